The minimum Gasteiger partial charge on any atom is -0.353 e. The Hall–Kier alpha value is -4.73. The van der Waals surface area contributed by atoms with Gasteiger partial charge in [-0.2, -0.15) is 13.2 Å². The second-order valence-corrected chi connectivity index (χ2v) is 9.27. The van der Waals surface area contributed by atoms with Gasteiger partial charge in [0.15, 0.2) is 0 Å². The number of rotatable bonds is 2. The van der Waals surface area contributed by atoms with Gasteiger partial charge in [-0.15, -0.1) is 0 Å². The second-order valence-electron chi connectivity index (χ2n) is 9.27. The molecule has 0 spiro atoms. The summed E-state index contributed by atoms with van der Waals surface area (Å²) in [5, 5.41) is 1.73. The third-order valence-electron chi connectivity index (χ3n) is 7.03. The highest BCUT2D eigenvalue weighted by atomic mass is 19.4. The van der Waals surface area contributed by atoms with Crippen LogP contribution in [-0.4, -0.2) is 26.7 Å². The molecule has 0 unspecified atom stereocenters. The number of hydrogen-bond donors (Lipinski definition) is 2. The predicted octanol–water partition coefficient (Wildman–Crippen LogP) is 7.05. The van der Waals surface area contributed by atoms with E-state index in [1.165, 1.54) is 48.5 Å². The van der Waals surface area contributed by atoms with Crippen LogP contribution in [0.1, 0.15) is 31.8 Å². The highest BCUT2D eigenvalue weighted by Crippen LogP contribution is 2.44. The molecule has 3 heterocycles. The van der Waals surface area contributed by atoms with Crippen LogP contribution in [-0.2, 0) is 12.7 Å². The molecule has 0 radical (unpaired) electrons. The average Bonchev–Trinajstić information content (AvgIpc) is 3.49. The van der Waals surface area contributed by atoms with E-state index in [4.69, 9.17) is 0 Å². The first kappa shape index (κ1) is 22.5. The molecule has 0 saturated carbocycles. The van der Waals surface area contributed by atoms with Crippen LogP contribution in [0.15, 0.2) is 60.7 Å². The molecule has 188 valence electrons. The van der Waals surface area contributed by atoms with Crippen LogP contribution in [0.5, 0.6) is 0 Å². The maximum Gasteiger partial charge on any atom is 0.416 e. The van der Waals surface area contributed by atoms with Crippen LogP contribution in [0.4, 0.5) is 22.0 Å². The maximum absolute atomic E-state index is 14.0. The normalized spacial score (nSPS) is 14.1. The zero-order chi connectivity index (χ0) is 26.5. The zero-order valence-electron chi connectivity index (χ0n) is 19.1. The molecule has 0 aliphatic carbocycles. The number of carbonyl (C=O) groups is 2. The van der Waals surface area contributed by atoms with Crippen molar-refractivity contribution in [1.29, 1.82) is 0 Å². The van der Waals surface area contributed by atoms with Crippen molar-refractivity contribution >= 4 is 55.4 Å². The Morgan fingerprint density at radius 3 is 1.74 bits per heavy atom. The second kappa shape index (κ2) is 7.41. The summed E-state index contributed by atoms with van der Waals surface area (Å²) < 4.78 is 67.9. The largest absolute Gasteiger partial charge is 0.416 e. The summed E-state index contributed by atoms with van der Waals surface area (Å²) in [6, 6.07) is 12.4. The molecule has 10 heteroatoms. The van der Waals surface area contributed by atoms with Crippen LogP contribution < -0.4 is 0 Å². The first-order valence-corrected chi connectivity index (χ1v) is 11.5. The van der Waals surface area contributed by atoms with E-state index < -0.39 is 35.2 Å². The molecule has 6 aromatic rings. The molecule has 0 bridgehead atoms. The van der Waals surface area contributed by atoms with Gasteiger partial charge in [-0.1, -0.05) is 12.1 Å². The van der Waals surface area contributed by atoms with E-state index in [2.05, 4.69) is 9.97 Å². The van der Waals surface area contributed by atoms with Gasteiger partial charge in [0.1, 0.15) is 11.6 Å². The SMILES string of the molecule is O=C1c2c(c3c4ccc(F)cc4[nH]c3c3[nH]c4cc(F)ccc4c23)C(=O)N1Cc1cccc(C(F)(F)F)c1. The molecule has 1 aliphatic rings. The molecular weight excluding hydrogens is 505 g/mol. The summed E-state index contributed by atoms with van der Waals surface area (Å²) in [5.41, 5.74) is 0.987. The Bertz CT molecular complexity index is 1900. The number of halogens is 5. The van der Waals surface area contributed by atoms with Crippen molar-refractivity contribution in [2.24, 2.45) is 0 Å². The molecule has 0 saturated heterocycles. The summed E-state index contributed by atoms with van der Waals surface area (Å²) in [5.74, 6) is -2.39. The Morgan fingerprint density at radius 1 is 0.711 bits per heavy atom. The van der Waals surface area contributed by atoms with Gasteiger partial charge >= 0.3 is 6.18 Å². The molecule has 2 amide bonds. The van der Waals surface area contributed by atoms with Crippen molar-refractivity contribution in [3.8, 4) is 0 Å². The molecule has 4 aromatic carbocycles. The van der Waals surface area contributed by atoms with E-state index in [-0.39, 0.29) is 23.2 Å². The number of amides is 2. The quantitative estimate of drug-likeness (QED) is 0.190. The summed E-state index contributed by atoms with van der Waals surface area (Å²) in [6.45, 7) is -0.382. The summed E-state index contributed by atoms with van der Waals surface area (Å²) >= 11 is 0. The Balaban J connectivity index is 1.52. The third-order valence-corrected chi connectivity index (χ3v) is 7.03. The molecule has 7 rings (SSSR count). The number of fused-ring (bicyclic) bond motifs is 10. The molecule has 0 atom stereocenters. The number of benzene rings is 4. The number of nitrogens with one attached hydrogen (secondary N) is 2. The fourth-order valence-electron chi connectivity index (χ4n) is 5.45. The average molecular weight is 519 g/mol. The molecule has 1 aliphatic heterocycles. The smallest absolute Gasteiger partial charge is 0.353 e. The third kappa shape index (κ3) is 3.03. The lowest BCUT2D eigenvalue weighted by Gasteiger charge is -2.15. The van der Waals surface area contributed by atoms with Crippen LogP contribution in [0, 0.1) is 11.6 Å². The Kier molecular flexibility index (Phi) is 4.38. The maximum atomic E-state index is 14.0. The van der Waals surface area contributed by atoms with Gasteiger partial charge in [0.25, 0.3) is 11.8 Å². The highest BCUT2D eigenvalue weighted by Gasteiger charge is 2.41. The summed E-state index contributed by atoms with van der Waals surface area (Å²) in [6.07, 6.45) is -4.59. The molecule has 0 fully saturated rings. The molecule has 2 N–H and O–H groups in total. The summed E-state index contributed by atoms with van der Waals surface area (Å²) in [7, 11) is 0. The number of nitrogens with zero attached hydrogens (tertiary/aromatic N) is 1. The lowest BCUT2D eigenvalue weighted by atomic mass is 9.97. The van der Waals surface area contributed by atoms with E-state index in [0.29, 0.717) is 43.6 Å². The lowest BCUT2D eigenvalue weighted by molar-refractivity contribution is -0.137. The van der Waals surface area contributed by atoms with Gasteiger partial charge < -0.3 is 9.97 Å². The van der Waals surface area contributed by atoms with Crippen molar-refractivity contribution in [3.63, 3.8) is 0 Å². The number of alkyl halides is 3. The van der Waals surface area contributed by atoms with Gasteiger partial charge in [0, 0.05) is 32.6 Å². The van der Waals surface area contributed by atoms with Crippen LogP contribution >= 0.6 is 0 Å². The fraction of sp³-hybridized carbons (Fsp3) is 0.0714. The van der Waals surface area contributed by atoms with E-state index in [1.54, 1.807) is 0 Å². The number of aromatic nitrogens is 2. The van der Waals surface area contributed by atoms with E-state index in [9.17, 15) is 31.5 Å². The molecule has 2 aromatic heterocycles. The lowest BCUT2D eigenvalue weighted by Crippen LogP contribution is -2.29. The van der Waals surface area contributed by atoms with Gasteiger partial charge in [-0.25, -0.2) is 8.78 Å². The van der Waals surface area contributed by atoms with Crippen molar-refractivity contribution in [2.75, 3.05) is 0 Å². The highest BCUT2D eigenvalue weighted by molar-refractivity contribution is 6.39. The number of H-pyrrole nitrogens is 2. The summed E-state index contributed by atoms with van der Waals surface area (Å²) in [4.78, 5) is 34.7. The van der Waals surface area contributed by atoms with Crippen LogP contribution in [0.3, 0.4) is 0 Å². The van der Waals surface area contributed by atoms with Crippen LogP contribution in [0.2, 0.25) is 0 Å². The van der Waals surface area contributed by atoms with Crippen LogP contribution in [0.25, 0.3) is 43.6 Å². The molecule has 38 heavy (non-hydrogen) atoms. The van der Waals surface area contributed by atoms with Crippen molar-refractivity contribution in [3.05, 3.63) is 94.6 Å². The number of carbonyl (C=O) groups excluding carboxylic acids is 2. The first-order chi connectivity index (χ1) is 18.1. The Morgan fingerprint density at radius 2 is 1.24 bits per heavy atom. The molecular formula is C28H14F5N3O2. The van der Waals surface area contributed by atoms with Crippen molar-refractivity contribution in [1.82, 2.24) is 14.9 Å². The minimum atomic E-state index is -4.59. The Labute approximate surface area is 209 Å². The number of imide groups is 1. The number of aromatic amines is 2. The van der Waals surface area contributed by atoms with Crippen molar-refractivity contribution in [2.45, 2.75) is 12.7 Å². The first-order valence-electron chi connectivity index (χ1n) is 11.5. The van der Waals surface area contributed by atoms with Gasteiger partial charge in [-0.3, -0.25) is 14.5 Å². The topological polar surface area (TPSA) is 69.0 Å². The number of hydrogen-bond acceptors (Lipinski definition) is 2. The van der Waals surface area contributed by atoms with Gasteiger partial charge in [0.2, 0.25) is 0 Å². The predicted molar refractivity (Wildman–Crippen MR) is 131 cm³/mol. The van der Waals surface area contributed by atoms with E-state index >= 15 is 0 Å². The fourth-order valence-corrected chi connectivity index (χ4v) is 5.45. The standard InChI is InChI=1S/C28H14F5N3O2/c29-14-4-6-16-18(9-14)34-24-20(16)22-23(21-17-7-5-15(30)10-19(17)35-25(21)24)27(38)36(26(22)37)11-12-2-1-3-13(8-12)28(31,32)33/h1-10,34-35H,11H2. The van der Waals surface area contributed by atoms with E-state index in [0.717, 1.165) is 17.0 Å². The van der Waals surface area contributed by atoms with Gasteiger partial charge in [-0.05, 0) is 54.1 Å². The minimum absolute atomic E-state index is 0.0626. The molecule has 5 nitrogen and oxygen atoms in total. The van der Waals surface area contributed by atoms with Gasteiger partial charge in [0.05, 0.1) is 34.3 Å². The van der Waals surface area contributed by atoms with E-state index in [1.807, 2.05) is 0 Å². The zero-order valence-corrected chi connectivity index (χ0v) is 19.1. The monoisotopic (exact) mass is 519 g/mol. The van der Waals surface area contributed by atoms with Crippen molar-refractivity contribution < 1.29 is 31.5 Å².